The third kappa shape index (κ3) is 5.99. The molecule has 0 amide bonds. The van der Waals surface area contributed by atoms with Gasteiger partial charge in [-0.05, 0) is 74.8 Å². The molecule has 1 aromatic carbocycles. The normalized spacial score (nSPS) is 20.2. The number of nitrogens with zero attached hydrogens (tertiary/aromatic N) is 3. The van der Waals surface area contributed by atoms with Gasteiger partial charge in [-0.25, -0.2) is 0 Å². The second-order valence-corrected chi connectivity index (χ2v) is 9.08. The number of methoxy groups -OCH3 is 1. The number of rotatable bonds is 8. The molecule has 0 bridgehead atoms. The van der Waals surface area contributed by atoms with Gasteiger partial charge in [-0.1, -0.05) is 18.2 Å². The Morgan fingerprint density at radius 3 is 2.77 bits per heavy atom. The van der Waals surface area contributed by atoms with E-state index in [0.717, 1.165) is 44.3 Å². The van der Waals surface area contributed by atoms with Crippen LogP contribution < -0.4 is 10.1 Å². The van der Waals surface area contributed by atoms with E-state index in [1.807, 2.05) is 11.3 Å². The van der Waals surface area contributed by atoms with E-state index in [9.17, 15) is 0 Å². The Hall–Kier alpha value is -2.05. The summed E-state index contributed by atoms with van der Waals surface area (Å²) in [6, 6.07) is 13.3. The number of guanidine groups is 1. The first-order valence-corrected chi connectivity index (χ1v) is 11.9. The van der Waals surface area contributed by atoms with Gasteiger partial charge in [0, 0.05) is 37.6 Å². The number of likely N-dealkylation sites (tertiary alicyclic amines) is 1. The molecule has 1 aromatic heterocycles. The Morgan fingerprint density at radius 1 is 1.30 bits per heavy atom. The van der Waals surface area contributed by atoms with Crippen LogP contribution in [0.25, 0.3) is 0 Å². The van der Waals surface area contributed by atoms with Crippen molar-refractivity contribution < 1.29 is 4.74 Å². The van der Waals surface area contributed by atoms with Gasteiger partial charge in [-0.3, -0.25) is 9.89 Å². The largest absolute Gasteiger partial charge is 0.497 e. The molecule has 3 rings (SSSR count). The maximum absolute atomic E-state index is 5.34. The Morgan fingerprint density at radius 2 is 2.10 bits per heavy atom. The predicted molar refractivity (Wildman–Crippen MR) is 128 cm³/mol. The molecule has 2 aromatic rings. The topological polar surface area (TPSA) is 40.1 Å². The van der Waals surface area contributed by atoms with E-state index in [2.05, 4.69) is 77.9 Å². The van der Waals surface area contributed by atoms with Gasteiger partial charge in [0.1, 0.15) is 5.75 Å². The molecule has 1 fully saturated rings. The quantitative estimate of drug-likeness (QED) is 0.503. The summed E-state index contributed by atoms with van der Waals surface area (Å²) in [7, 11) is 6.10. The second kappa shape index (κ2) is 11.4. The number of likely N-dealkylation sites (N-methyl/N-ethyl adjacent to an activating group) is 1. The van der Waals surface area contributed by atoms with Gasteiger partial charge in [0.15, 0.2) is 5.96 Å². The summed E-state index contributed by atoms with van der Waals surface area (Å²) in [6.45, 7) is 5.97. The third-order valence-electron chi connectivity index (χ3n) is 5.91. The van der Waals surface area contributed by atoms with Crippen molar-refractivity contribution >= 4 is 17.3 Å². The number of aliphatic imine (C=N–C) groups is 1. The molecular formula is C24H36N4OS. The lowest BCUT2D eigenvalue weighted by atomic mass is 9.85. The van der Waals surface area contributed by atoms with Crippen molar-refractivity contribution in [3.8, 4) is 5.75 Å². The van der Waals surface area contributed by atoms with Crippen LogP contribution in [-0.4, -0.2) is 63.1 Å². The maximum Gasteiger partial charge on any atom is 0.193 e. The molecule has 0 spiro atoms. The summed E-state index contributed by atoms with van der Waals surface area (Å²) in [6.07, 6.45) is 3.50. The summed E-state index contributed by atoms with van der Waals surface area (Å²) in [5, 5.41) is 5.63. The molecule has 0 aliphatic carbocycles. The fourth-order valence-electron chi connectivity index (χ4n) is 4.29. The molecular weight excluding hydrogens is 392 g/mol. The van der Waals surface area contributed by atoms with E-state index < -0.39 is 0 Å². The number of thiophene rings is 1. The number of benzene rings is 1. The molecule has 1 N–H and O–H groups in total. The predicted octanol–water partition coefficient (Wildman–Crippen LogP) is 4.28. The van der Waals surface area contributed by atoms with E-state index in [1.165, 1.54) is 23.3 Å². The minimum atomic E-state index is 0.396. The van der Waals surface area contributed by atoms with E-state index in [4.69, 9.17) is 9.73 Å². The zero-order chi connectivity index (χ0) is 21.3. The van der Waals surface area contributed by atoms with Gasteiger partial charge in [-0.2, -0.15) is 0 Å². The lowest BCUT2D eigenvalue weighted by molar-refractivity contribution is 0.125. The number of hydrogen-bond acceptors (Lipinski definition) is 4. The summed E-state index contributed by atoms with van der Waals surface area (Å²) < 4.78 is 5.34. The highest BCUT2D eigenvalue weighted by molar-refractivity contribution is 7.09. The molecule has 0 saturated carbocycles. The highest BCUT2D eigenvalue weighted by atomic mass is 32.1. The highest BCUT2D eigenvalue weighted by Gasteiger charge is 2.30. The van der Waals surface area contributed by atoms with Crippen molar-refractivity contribution in [3.05, 3.63) is 52.2 Å². The van der Waals surface area contributed by atoms with Gasteiger partial charge in [0.25, 0.3) is 0 Å². The Labute approximate surface area is 185 Å². The van der Waals surface area contributed by atoms with Crippen molar-refractivity contribution in [2.24, 2.45) is 10.9 Å². The van der Waals surface area contributed by atoms with Crippen molar-refractivity contribution in [1.82, 2.24) is 15.1 Å². The van der Waals surface area contributed by atoms with Crippen molar-refractivity contribution in [3.63, 3.8) is 0 Å². The van der Waals surface area contributed by atoms with Crippen LogP contribution in [0.15, 0.2) is 46.8 Å². The molecule has 6 heteroatoms. The van der Waals surface area contributed by atoms with Gasteiger partial charge in [0.2, 0.25) is 0 Å². The lowest BCUT2D eigenvalue weighted by Crippen LogP contribution is -2.41. The molecule has 1 aliphatic heterocycles. The van der Waals surface area contributed by atoms with Crippen LogP contribution in [0.2, 0.25) is 0 Å². The summed E-state index contributed by atoms with van der Waals surface area (Å²) >= 11 is 1.83. The molecule has 5 nitrogen and oxygen atoms in total. The molecule has 30 heavy (non-hydrogen) atoms. The summed E-state index contributed by atoms with van der Waals surface area (Å²) in [4.78, 5) is 11.2. The number of hydrogen-bond donors (Lipinski definition) is 1. The van der Waals surface area contributed by atoms with Crippen LogP contribution in [0.3, 0.4) is 0 Å². The van der Waals surface area contributed by atoms with Gasteiger partial charge < -0.3 is 15.0 Å². The van der Waals surface area contributed by atoms with E-state index in [-0.39, 0.29) is 0 Å². The zero-order valence-corrected chi connectivity index (χ0v) is 19.6. The monoisotopic (exact) mass is 428 g/mol. The molecule has 2 heterocycles. The summed E-state index contributed by atoms with van der Waals surface area (Å²) in [5.74, 6) is 2.43. The van der Waals surface area contributed by atoms with Crippen molar-refractivity contribution in [1.29, 1.82) is 0 Å². The summed E-state index contributed by atoms with van der Waals surface area (Å²) in [5.41, 5.74) is 1.36. The molecule has 164 valence electrons. The van der Waals surface area contributed by atoms with Gasteiger partial charge in [-0.15, -0.1) is 11.3 Å². The SMILES string of the molecule is CCNC(=NCC1CCCN(C)C1c1ccc(OC)cc1)N(C)CCc1cccs1. The first-order chi connectivity index (χ1) is 14.6. The van der Waals surface area contributed by atoms with Crippen LogP contribution in [0.1, 0.15) is 36.2 Å². The second-order valence-electron chi connectivity index (χ2n) is 8.05. The zero-order valence-electron chi connectivity index (χ0n) is 18.8. The first kappa shape index (κ1) is 22.6. The Kier molecular flexibility index (Phi) is 8.58. The third-order valence-corrected chi connectivity index (χ3v) is 6.85. The van der Waals surface area contributed by atoms with Crippen LogP contribution >= 0.6 is 11.3 Å². The minimum Gasteiger partial charge on any atom is -0.497 e. The fourth-order valence-corrected chi connectivity index (χ4v) is 4.99. The molecule has 2 atom stereocenters. The molecule has 2 unspecified atom stereocenters. The fraction of sp³-hybridized carbons (Fsp3) is 0.542. The van der Waals surface area contributed by atoms with Crippen molar-refractivity contribution in [2.75, 3.05) is 47.4 Å². The van der Waals surface area contributed by atoms with Crippen LogP contribution in [0.5, 0.6) is 5.75 Å². The Bertz CT molecular complexity index is 775. The van der Waals surface area contributed by atoms with Gasteiger partial charge >= 0.3 is 0 Å². The molecule has 1 aliphatic rings. The smallest absolute Gasteiger partial charge is 0.193 e. The standard InChI is InChI=1S/C24H36N4OS/c1-5-25-24(28(3)16-14-22-9-7-17-30-22)26-18-20-8-6-15-27(2)23(20)19-10-12-21(29-4)13-11-19/h7,9-13,17,20,23H,5-6,8,14-16,18H2,1-4H3,(H,25,26). The van der Waals surface area contributed by atoms with Gasteiger partial charge in [0.05, 0.1) is 7.11 Å². The molecule has 0 radical (unpaired) electrons. The highest BCUT2D eigenvalue weighted by Crippen LogP contribution is 2.35. The average Bonchev–Trinajstić information content (AvgIpc) is 3.29. The minimum absolute atomic E-state index is 0.396. The Balaban J connectivity index is 1.69. The lowest BCUT2D eigenvalue weighted by Gasteiger charge is -2.39. The number of ether oxygens (including phenoxy) is 1. The molecule has 1 saturated heterocycles. The number of piperidine rings is 1. The number of nitrogens with one attached hydrogen (secondary N) is 1. The van der Waals surface area contributed by atoms with Crippen molar-refractivity contribution in [2.45, 2.75) is 32.2 Å². The van der Waals surface area contributed by atoms with E-state index >= 15 is 0 Å². The van der Waals surface area contributed by atoms with Crippen LogP contribution in [0.4, 0.5) is 0 Å². The van der Waals surface area contributed by atoms with E-state index in [0.29, 0.717) is 12.0 Å². The van der Waals surface area contributed by atoms with E-state index in [1.54, 1.807) is 7.11 Å². The van der Waals surface area contributed by atoms with Crippen LogP contribution in [0, 0.1) is 5.92 Å². The average molecular weight is 429 g/mol. The van der Waals surface area contributed by atoms with Crippen LogP contribution in [-0.2, 0) is 6.42 Å². The first-order valence-electron chi connectivity index (χ1n) is 11.0. The maximum atomic E-state index is 5.34.